The smallest absolute Gasteiger partial charge is 0.266 e. The maximum Gasteiger partial charge on any atom is 0.266 e. The number of carbonyl (C=O) groups excluding carboxylic acids is 1. The summed E-state index contributed by atoms with van der Waals surface area (Å²) in [4.78, 5) is 12.0. The minimum absolute atomic E-state index is 0.00787. The molecule has 0 amide bonds. The Balaban J connectivity index is 2.71. The molecule has 2 N–H and O–H groups in total. The van der Waals surface area contributed by atoms with Gasteiger partial charge in [-0.3, -0.25) is 15.4 Å². The molecule has 0 radical (unpaired) electrons. The van der Waals surface area contributed by atoms with E-state index in [1.165, 1.54) is 0 Å². The van der Waals surface area contributed by atoms with Crippen molar-refractivity contribution in [3.63, 3.8) is 0 Å². The molecule has 1 fully saturated rings. The van der Waals surface area contributed by atoms with Crippen LogP contribution in [0.25, 0.3) is 0 Å². The highest BCUT2D eigenvalue weighted by Crippen LogP contribution is 2.21. The van der Waals surface area contributed by atoms with Crippen LogP contribution < -0.4 is 10.6 Å². The van der Waals surface area contributed by atoms with E-state index in [-0.39, 0.29) is 11.8 Å². The normalized spacial score (nSPS) is 31.8. The van der Waals surface area contributed by atoms with Crippen molar-refractivity contribution in [3.8, 4) is 0 Å². The first kappa shape index (κ1) is 13.5. The maximum atomic E-state index is 12.6. The van der Waals surface area contributed by atoms with Gasteiger partial charge in [-0.05, 0) is 13.3 Å². The van der Waals surface area contributed by atoms with Crippen LogP contribution in [0.3, 0.4) is 0 Å². The summed E-state index contributed by atoms with van der Waals surface area (Å²) in [6.45, 7) is 7.24. The van der Waals surface area contributed by atoms with Crippen LogP contribution in [-0.2, 0) is 4.79 Å². The molecular formula is C11H20F2N2O. The van der Waals surface area contributed by atoms with Crippen molar-refractivity contribution in [2.45, 2.75) is 58.8 Å². The van der Waals surface area contributed by atoms with Gasteiger partial charge in [-0.25, -0.2) is 8.78 Å². The molecule has 0 aliphatic carbocycles. The van der Waals surface area contributed by atoms with Crippen molar-refractivity contribution in [3.05, 3.63) is 0 Å². The van der Waals surface area contributed by atoms with Crippen LogP contribution in [0, 0.1) is 5.41 Å². The van der Waals surface area contributed by atoms with Crippen molar-refractivity contribution in [2.24, 2.45) is 5.41 Å². The number of rotatable bonds is 2. The highest BCUT2D eigenvalue weighted by Gasteiger charge is 2.37. The molecule has 1 aliphatic rings. The Hall–Kier alpha value is -0.550. The van der Waals surface area contributed by atoms with Crippen molar-refractivity contribution < 1.29 is 13.6 Å². The van der Waals surface area contributed by atoms with Gasteiger partial charge >= 0.3 is 0 Å². The minimum Gasteiger partial charge on any atom is -0.297 e. The second kappa shape index (κ2) is 4.75. The number of hydrogen-bond acceptors (Lipinski definition) is 3. The van der Waals surface area contributed by atoms with Crippen LogP contribution in [0.1, 0.15) is 34.1 Å². The van der Waals surface area contributed by atoms with Gasteiger partial charge in [-0.15, -0.1) is 0 Å². The second-order valence-electron chi connectivity index (χ2n) is 5.45. The number of halogens is 2. The van der Waals surface area contributed by atoms with E-state index < -0.39 is 24.0 Å². The van der Waals surface area contributed by atoms with Crippen LogP contribution in [0.5, 0.6) is 0 Å². The van der Waals surface area contributed by atoms with Crippen LogP contribution >= 0.6 is 0 Å². The fourth-order valence-electron chi connectivity index (χ4n) is 1.91. The van der Waals surface area contributed by atoms with E-state index in [1.54, 1.807) is 20.8 Å². The minimum atomic E-state index is -2.50. The van der Waals surface area contributed by atoms with Crippen molar-refractivity contribution in [2.75, 3.05) is 0 Å². The zero-order chi connectivity index (χ0) is 12.5. The second-order valence-corrected chi connectivity index (χ2v) is 5.45. The van der Waals surface area contributed by atoms with Gasteiger partial charge in [0.05, 0.1) is 6.04 Å². The van der Waals surface area contributed by atoms with Gasteiger partial charge in [0.15, 0.2) is 5.78 Å². The third-order valence-electron chi connectivity index (χ3n) is 2.74. The monoisotopic (exact) mass is 234 g/mol. The Morgan fingerprint density at radius 3 is 2.31 bits per heavy atom. The molecule has 0 aromatic carbocycles. The third-order valence-corrected chi connectivity index (χ3v) is 2.74. The fourth-order valence-corrected chi connectivity index (χ4v) is 1.91. The van der Waals surface area contributed by atoms with Crippen LogP contribution in [0.2, 0.25) is 0 Å². The average molecular weight is 234 g/mol. The first-order valence-electron chi connectivity index (χ1n) is 5.56. The Bertz CT molecular complexity index is 263. The fraction of sp³-hybridized carbons (Fsp3) is 0.909. The Morgan fingerprint density at radius 1 is 1.31 bits per heavy atom. The predicted octanol–water partition coefficient (Wildman–Crippen LogP) is 1.53. The molecule has 0 spiro atoms. The third kappa shape index (κ3) is 3.22. The first-order chi connectivity index (χ1) is 7.21. The standard InChI is InChI=1S/C11H20F2N2O/c1-6-5-7(8(16)11(2,3)4)15-10(14-6)9(12)13/h6-7,9-10,14-15H,5H2,1-4H3. The van der Waals surface area contributed by atoms with E-state index in [2.05, 4.69) is 10.6 Å². The molecule has 3 unspecified atom stereocenters. The van der Waals surface area contributed by atoms with Crippen molar-refractivity contribution in [1.29, 1.82) is 0 Å². The lowest BCUT2D eigenvalue weighted by Crippen LogP contribution is -2.63. The largest absolute Gasteiger partial charge is 0.297 e. The molecule has 3 nitrogen and oxygen atoms in total. The van der Waals surface area contributed by atoms with E-state index in [4.69, 9.17) is 0 Å². The van der Waals surface area contributed by atoms with Gasteiger partial charge < -0.3 is 0 Å². The van der Waals surface area contributed by atoms with E-state index in [0.717, 1.165) is 0 Å². The lowest BCUT2D eigenvalue weighted by molar-refractivity contribution is -0.130. The molecule has 5 heteroatoms. The number of hydrogen-bond donors (Lipinski definition) is 2. The van der Waals surface area contributed by atoms with Gasteiger partial charge in [-0.1, -0.05) is 20.8 Å². The summed E-state index contributed by atoms with van der Waals surface area (Å²) in [6.07, 6.45) is -3.03. The van der Waals surface area contributed by atoms with Crippen LogP contribution in [0.4, 0.5) is 8.78 Å². The molecule has 1 aliphatic heterocycles. The maximum absolute atomic E-state index is 12.6. The number of ketones is 1. The van der Waals surface area contributed by atoms with Gasteiger partial charge in [0.2, 0.25) is 0 Å². The van der Waals surface area contributed by atoms with Crippen molar-refractivity contribution >= 4 is 5.78 Å². The summed E-state index contributed by atoms with van der Waals surface area (Å²) in [7, 11) is 0. The van der Waals surface area contributed by atoms with Crippen LogP contribution in [-0.4, -0.2) is 30.5 Å². The summed E-state index contributed by atoms with van der Waals surface area (Å²) in [5.74, 6) is -0.00787. The molecule has 0 bridgehead atoms. The molecule has 1 rings (SSSR count). The van der Waals surface area contributed by atoms with E-state index in [0.29, 0.717) is 6.42 Å². The predicted molar refractivity (Wildman–Crippen MR) is 58.4 cm³/mol. The highest BCUT2D eigenvalue weighted by atomic mass is 19.3. The van der Waals surface area contributed by atoms with E-state index in [9.17, 15) is 13.6 Å². The molecule has 0 aromatic rings. The SMILES string of the molecule is CC1CC(C(=O)C(C)(C)C)NC(C(F)F)N1. The average Bonchev–Trinajstić information content (AvgIpc) is 2.14. The molecule has 1 heterocycles. The first-order valence-corrected chi connectivity index (χ1v) is 5.56. The molecule has 94 valence electrons. The molecular weight excluding hydrogens is 214 g/mol. The molecule has 3 atom stereocenters. The van der Waals surface area contributed by atoms with Gasteiger partial charge in [0, 0.05) is 11.5 Å². The molecule has 16 heavy (non-hydrogen) atoms. The Labute approximate surface area is 95.0 Å². The number of alkyl halides is 2. The Kier molecular flexibility index (Phi) is 4.02. The summed E-state index contributed by atoms with van der Waals surface area (Å²) >= 11 is 0. The molecule has 0 saturated carbocycles. The summed E-state index contributed by atoms with van der Waals surface area (Å²) in [5, 5.41) is 5.42. The van der Waals surface area contributed by atoms with E-state index >= 15 is 0 Å². The number of Topliss-reactive ketones (excluding diaryl/α,β-unsaturated/α-hetero) is 1. The summed E-state index contributed by atoms with van der Waals surface area (Å²) in [5.41, 5.74) is -0.499. The quantitative estimate of drug-likeness (QED) is 0.761. The van der Waals surface area contributed by atoms with Crippen molar-refractivity contribution in [1.82, 2.24) is 10.6 Å². The topological polar surface area (TPSA) is 41.1 Å². The van der Waals surface area contributed by atoms with Gasteiger partial charge in [-0.2, -0.15) is 0 Å². The lowest BCUT2D eigenvalue weighted by Gasteiger charge is -2.37. The van der Waals surface area contributed by atoms with E-state index in [1.807, 2.05) is 6.92 Å². The molecule has 0 aromatic heterocycles. The summed E-state index contributed by atoms with van der Waals surface area (Å²) in [6, 6.07) is -0.549. The Morgan fingerprint density at radius 2 is 1.88 bits per heavy atom. The lowest BCUT2D eigenvalue weighted by atomic mass is 9.83. The number of carbonyl (C=O) groups is 1. The van der Waals surface area contributed by atoms with Gasteiger partial charge in [0.1, 0.15) is 6.17 Å². The number of nitrogens with one attached hydrogen (secondary N) is 2. The van der Waals surface area contributed by atoms with Gasteiger partial charge in [0.25, 0.3) is 6.43 Å². The summed E-state index contributed by atoms with van der Waals surface area (Å²) < 4.78 is 25.2. The zero-order valence-corrected chi connectivity index (χ0v) is 10.2. The highest BCUT2D eigenvalue weighted by molar-refractivity contribution is 5.88. The zero-order valence-electron chi connectivity index (χ0n) is 10.2. The van der Waals surface area contributed by atoms with Crippen LogP contribution in [0.15, 0.2) is 0 Å². The molecule has 1 saturated heterocycles.